The minimum atomic E-state index is -0.394. The number of anilines is 1. The molecule has 1 aromatic heterocycles. The van der Waals surface area contributed by atoms with Crippen molar-refractivity contribution in [2.24, 2.45) is 0 Å². The third-order valence-corrected chi connectivity index (χ3v) is 6.05. The van der Waals surface area contributed by atoms with Crippen molar-refractivity contribution in [2.75, 3.05) is 5.32 Å². The number of fused-ring (bicyclic) bond motifs is 2. The van der Waals surface area contributed by atoms with Crippen LogP contribution in [0.2, 0.25) is 10.0 Å². The summed E-state index contributed by atoms with van der Waals surface area (Å²) in [5.41, 5.74) is 3.58. The first-order valence-corrected chi connectivity index (χ1v) is 11.8. The number of carbonyl (C=O) groups excluding carboxylic acids is 1. The van der Waals surface area contributed by atoms with Crippen molar-refractivity contribution in [3.63, 3.8) is 0 Å². The monoisotopic (exact) mass is 517 g/mol. The number of oxazole rings is 1. The molecule has 0 bridgehead atoms. The van der Waals surface area contributed by atoms with Gasteiger partial charge in [-0.2, -0.15) is 0 Å². The number of amides is 1. The molecule has 0 atom stereocenters. The molecule has 0 aliphatic rings. The van der Waals surface area contributed by atoms with Crippen molar-refractivity contribution >= 4 is 80.1 Å². The summed E-state index contributed by atoms with van der Waals surface area (Å²) in [7, 11) is 0. The van der Waals surface area contributed by atoms with E-state index >= 15 is 0 Å². The number of nitrogens with one attached hydrogen (secondary N) is 2. The first-order valence-electron chi connectivity index (χ1n) is 10.6. The smallest absolute Gasteiger partial charge is 0.250 e. The maximum absolute atomic E-state index is 12.3. The zero-order valence-electron chi connectivity index (χ0n) is 18.1. The van der Waals surface area contributed by atoms with Crippen molar-refractivity contribution in [1.29, 1.82) is 0 Å². The summed E-state index contributed by atoms with van der Waals surface area (Å²) in [6, 6.07) is 24.6. The zero-order chi connectivity index (χ0) is 24.4. The highest BCUT2D eigenvalue weighted by molar-refractivity contribution is 7.80. The van der Waals surface area contributed by atoms with Gasteiger partial charge in [-0.25, -0.2) is 4.98 Å². The van der Waals surface area contributed by atoms with E-state index < -0.39 is 5.91 Å². The topological polar surface area (TPSA) is 67.2 Å². The molecule has 0 radical (unpaired) electrons. The number of halogens is 2. The van der Waals surface area contributed by atoms with Crippen molar-refractivity contribution in [2.45, 2.75) is 0 Å². The predicted molar refractivity (Wildman–Crippen MR) is 147 cm³/mol. The predicted octanol–water partition coefficient (Wildman–Crippen LogP) is 7.48. The Morgan fingerprint density at radius 2 is 1.80 bits per heavy atom. The van der Waals surface area contributed by atoms with Gasteiger partial charge in [0.25, 0.3) is 0 Å². The van der Waals surface area contributed by atoms with Crippen LogP contribution in [0.3, 0.4) is 0 Å². The Kier molecular flexibility index (Phi) is 6.51. The van der Waals surface area contributed by atoms with E-state index in [9.17, 15) is 4.79 Å². The Hall–Kier alpha value is -3.71. The van der Waals surface area contributed by atoms with Crippen LogP contribution in [-0.2, 0) is 4.79 Å². The van der Waals surface area contributed by atoms with Gasteiger partial charge in [0.1, 0.15) is 5.52 Å². The summed E-state index contributed by atoms with van der Waals surface area (Å²) in [4.78, 5) is 16.9. The summed E-state index contributed by atoms with van der Waals surface area (Å²) in [6.07, 6.45) is 2.94. The van der Waals surface area contributed by atoms with Crippen molar-refractivity contribution in [3.05, 3.63) is 101 Å². The van der Waals surface area contributed by atoms with Gasteiger partial charge in [-0.1, -0.05) is 65.7 Å². The van der Waals surface area contributed by atoms with Crippen LogP contribution in [0.15, 0.2) is 89.4 Å². The largest absolute Gasteiger partial charge is 0.436 e. The van der Waals surface area contributed by atoms with Gasteiger partial charge in [0.05, 0.1) is 0 Å². The van der Waals surface area contributed by atoms with E-state index in [-0.39, 0.29) is 5.11 Å². The van der Waals surface area contributed by atoms with Crippen LogP contribution >= 0.6 is 35.4 Å². The average molecular weight is 518 g/mol. The highest BCUT2D eigenvalue weighted by Gasteiger charge is 2.12. The minimum Gasteiger partial charge on any atom is -0.436 e. The Bertz CT molecular complexity index is 1620. The quantitative estimate of drug-likeness (QED) is 0.191. The van der Waals surface area contributed by atoms with Crippen LogP contribution in [0, 0.1) is 0 Å². The van der Waals surface area contributed by atoms with Crippen LogP contribution < -0.4 is 10.6 Å². The second-order valence-corrected chi connectivity index (χ2v) is 8.92. The lowest BCUT2D eigenvalue weighted by atomic mass is 10.0. The fourth-order valence-electron chi connectivity index (χ4n) is 3.65. The first kappa shape index (κ1) is 23.1. The van der Waals surface area contributed by atoms with E-state index in [1.165, 1.54) is 6.08 Å². The molecule has 4 aromatic carbocycles. The molecule has 8 heteroatoms. The van der Waals surface area contributed by atoms with Crippen LogP contribution in [-0.4, -0.2) is 16.0 Å². The van der Waals surface area contributed by atoms with Crippen LogP contribution in [0.25, 0.3) is 39.4 Å². The zero-order valence-corrected chi connectivity index (χ0v) is 20.4. The third-order valence-electron chi connectivity index (χ3n) is 5.28. The summed E-state index contributed by atoms with van der Waals surface area (Å²) in [5, 5.41) is 8.92. The number of aromatic nitrogens is 1. The number of hydrogen-bond acceptors (Lipinski definition) is 4. The lowest BCUT2D eigenvalue weighted by Crippen LogP contribution is -2.32. The third kappa shape index (κ3) is 5.20. The number of benzene rings is 4. The van der Waals surface area contributed by atoms with Crippen LogP contribution in [0.4, 0.5) is 5.69 Å². The molecular formula is C27H17Cl2N3O2S. The van der Waals surface area contributed by atoms with E-state index in [2.05, 4.69) is 27.8 Å². The Labute approximate surface area is 216 Å². The van der Waals surface area contributed by atoms with Gasteiger partial charge in [-0.15, -0.1) is 0 Å². The molecular weight excluding hydrogens is 501 g/mol. The molecule has 5 aromatic rings. The molecule has 0 spiro atoms. The number of hydrogen-bond donors (Lipinski definition) is 2. The fraction of sp³-hybridized carbons (Fsp3) is 0. The highest BCUT2D eigenvalue weighted by atomic mass is 35.5. The van der Waals surface area contributed by atoms with Gasteiger partial charge in [0.15, 0.2) is 10.7 Å². The second-order valence-electron chi connectivity index (χ2n) is 7.67. The van der Waals surface area contributed by atoms with Crippen molar-refractivity contribution in [1.82, 2.24) is 10.3 Å². The summed E-state index contributed by atoms with van der Waals surface area (Å²) >= 11 is 17.3. The highest BCUT2D eigenvalue weighted by Crippen LogP contribution is 2.31. The molecule has 0 unspecified atom stereocenters. The number of rotatable bonds is 4. The van der Waals surface area contributed by atoms with Crippen molar-refractivity contribution < 1.29 is 9.21 Å². The normalized spacial score (nSPS) is 11.3. The first-order chi connectivity index (χ1) is 17.0. The van der Waals surface area contributed by atoms with E-state index in [0.717, 1.165) is 16.3 Å². The van der Waals surface area contributed by atoms with Crippen molar-refractivity contribution in [3.8, 4) is 11.5 Å². The van der Waals surface area contributed by atoms with Gasteiger partial charge >= 0.3 is 0 Å². The molecule has 0 fully saturated rings. The van der Waals surface area contributed by atoms with E-state index in [1.54, 1.807) is 24.3 Å². The number of carbonyl (C=O) groups is 1. The van der Waals surface area contributed by atoms with Gasteiger partial charge in [0, 0.05) is 27.4 Å². The maximum atomic E-state index is 12.3. The summed E-state index contributed by atoms with van der Waals surface area (Å²) in [6.45, 7) is 0. The van der Waals surface area contributed by atoms with E-state index in [1.807, 2.05) is 48.5 Å². The van der Waals surface area contributed by atoms with Gasteiger partial charge < -0.3 is 9.73 Å². The Morgan fingerprint density at radius 1 is 0.971 bits per heavy atom. The van der Waals surface area contributed by atoms with Crippen LogP contribution in [0.1, 0.15) is 5.56 Å². The fourth-order valence-corrected chi connectivity index (χ4v) is 4.34. The molecule has 5 nitrogen and oxygen atoms in total. The lowest BCUT2D eigenvalue weighted by molar-refractivity contribution is -0.115. The molecule has 35 heavy (non-hydrogen) atoms. The Morgan fingerprint density at radius 3 is 2.66 bits per heavy atom. The molecule has 172 valence electrons. The van der Waals surface area contributed by atoms with Crippen LogP contribution in [0.5, 0.6) is 0 Å². The van der Waals surface area contributed by atoms with Gasteiger partial charge in [-0.05, 0) is 71.0 Å². The Balaban J connectivity index is 1.29. The molecule has 0 saturated carbocycles. The molecule has 1 heterocycles. The van der Waals surface area contributed by atoms with Gasteiger partial charge in [0.2, 0.25) is 11.8 Å². The minimum absolute atomic E-state index is 0.152. The number of thiocarbonyl (C=S) groups is 1. The average Bonchev–Trinajstić information content (AvgIpc) is 3.26. The SMILES string of the molecule is O=C(/C=C/c1ccc(Cl)cc1Cl)NC(=S)Nc1ccc2oc(-c3cccc4ccccc34)nc2c1. The molecule has 1 amide bonds. The van der Waals surface area contributed by atoms with E-state index in [4.69, 9.17) is 39.8 Å². The maximum Gasteiger partial charge on any atom is 0.250 e. The molecule has 5 rings (SSSR count). The molecule has 0 aliphatic heterocycles. The van der Waals surface area contributed by atoms with E-state index in [0.29, 0.717) is 38.3 Å². The molecule has 0 aliphatic carbocycles. The molecule has 2 N–H and O–H groups in total. The summed E-state index contributed by atoms with van der Waals surface area (Å²) in [5.74, 6) is 0.144. The number of nitrogens with zero attached hydrogens (tertiary/aromatic N) is 1. The lowest BCUT2D eigenvalue weighted by Gasteiger charge is -2.07. The summed E-state index contributed by atoms with van der Waals surface area (Å²) < 4.78 is 6.01. The standard InChI is InChI=1S/C27H17Cl2N3O2S/c28-18-10-8-17(22(29)14-18)9-13-25(33)32-27(35)30-19-11-12-24-23(15-19)31-26(34-24)21-7-3-5-16-4-1-2-6-20(16)21/h1-15H,(H2,30,32,33,35)/b13-9+. The molecule has 0 saturated heterocycles. The van der Waals surface area contributed by atoms with Gasteiger partial charge in [-0.3, -0.25) is 10.1 Å². The second kappa shape index (κ2) is 9.88.